The molecule has 2 N–H and O–H groups in total. The standard InChI is InChI=1S/C20H21N5O2/c1-2-5-16-15(4-1)19(22-14-6-7-17-18(12-14)27-13-26-17)23-24-20(16)25-10-3-8-21-9-11-25/h1-2,4-7,12,21H,3,8-11,13H2,(H,22,23). The summed E-state index contributed by atoms with van der Waals surface area (Å²) >= 11 is 0. The highest BCUT2D eigenvalue weighted by Crippen LogP contribution is 2.36. The molecule has 7 nitrogen and oxygen atoms in total. The Morgan fingerprint density at radius 1 is 0.926 bits per heavy atom. The number of hydrogen-bond donors (Lipinski definition) is 2. The van der Waals surface area contributed by atoms with E-state index in [9.17, 15) is 0 Å². The van der Waals surface area contributed by atoms with Crippen LogP contribution in [-0.4, -0.2) is 43.2 Å². The van der Waals surface area contributed by atoms with E-state index in [-0.39, 0.29) is 6.79 Å². The Bertz CT molecular complexity index is 970. The van der Waals surface area contributed by atoms with Gasteiger partial charge in [-0.3, -0.25) is 0 Å². The SMILES string of the molecule is c1ccc2c(N3CCCNCC3)nnc(Nc3ccc4c(c3)OCO4)c2c1. The van der Waals surface area contributed by atoms with Crippen LogP contribution in [0, 0.1) is 0 Å². The first-order valence-electron chi connectivity index (χ1n) is 9.26. The van der Waals surface area contributed by atoms with E-state index >= 15 is 0 Å². The molecule has 2 aliphatic rings. The topological polar surface area (TPSA) is 71.5 Å². The number of fused-ring (bicyclic) bond motifs is 2. The number of nitrogens with one attached hydrogen (secondary N) is 2. The molecule has 0 amide bonds. The van der Waals surface area contributed by atoms with E-state index in [2.05, 4.69) is 37.9 Å². The first-order chi connectivity index (χ1) is 13.4. The predicted octanol–water partition coefficient (Wildman–Crippen LogP) is 2.90. The van der Waals surface area contributed by atoms with Gasteiger partial charge in [-0.25, -0.2) is 0 Å². The lowest BCUT2D eigenvalue weighted by Crippen LogP contribution is -2.29. The van der Waals surface area contributed by atoms with Crippen molar-refractivity contribution < 1.29 is 9.47 Å². The van der Waals surface area contributed by atoms with Gasteiger partial charge in [0.05, 0.1) is 0 Å². The van der Waals surface area contributed by atoms with Gasteiger partial charge in [-0.2, -0.15) is 0 Å². The fraction of sp³-hybridized carbons (Fsp3) is 0.300. The zero-order valence-corrected chi connectivity index (χ0v) is 14.9. The molecule has 2 aliphatic heterocycles. The van der Waals surface area contributed by atoms with Crippen molar-refractivity contribution in [2.45, 2.75) is 6.42 Å². The summed E-state index contributed by atoms with van der Waals surface area (Å²) in [7, 11) is 0. The quantitative estimate of drug-likeness (QED) is 0.741. The van der Waals surface area contributed by atoms with E-state index in [1.165, 1.54) is 0 Å². The van der Waals surface area contributed by atoms with Crippen molar-refractivity contribution in [3.05, 3.63) is 42.5 Å². The molecule has 7 heteroatoms. The van der Waals surface area contributed by atoms with Crippen LogP contribution in [0.1, 0.15) is 6.42 Å². The fourth-order valence-corrected chi connectivity index (χ4v) is 3.58. The highest BCUT2D eigenvalue weighted by atomic mass is 16.7. The second-order valence-corrected chi connectivity index (χ2v) is 6.70. The number of hydrogen-bond acceptors (Lipinski definition) is 7. The Hall–Kier alpha value is -3.06. The molecule has 1 aromatic heterocycles. The Morgan fingerprint density at radius 2 is 1.81 bits per heavy atom. The van der Waals surface area contributed by atoms with Crippen molar-refractivity contribution in [1.29, 1.82) is 0 Å². The number of anilines is 3. The van der Waals surface area contributed by atoms with E-state index in [0.29, 0.717) is 0 Å². The van der Waals surface area contributed by atoms with Gasteiger partial charge in [0.2, 0.25) is 6.79 Å². The van der Waals surface area contributed by atoms with Gasteiger partial charge in [0.1, 0.15) is 0 Å². The lowest BCUT2D eigenvalue weighted by atomic mass is 10.1. The lowest BCUT2D eigenvalue weighted by Gasteiger charge is -2.22. The number of ether oxygens (including phenoxy) is 2. The van der Waals surface area contributed by atoms with Crippen LogP contribution in [0.25, 0.3) is 10.8 Å². The predicted molar refractivity (Wildman–Crippen MR) is 105 cm³/mol. The molecule has 27 heavy (non-hydrogen) atoms. The molecule has 0 unspecified atom stereocenters. The Morgan fingerprint density at radius 3 is 2.78 bits per heavy atom. The Kier molecular flexibility index (Phi) is 4.14. The minimum atomic E-state index is 0.265. The molecule has 5 rings (SSSR count). The van der Waals surface area contributed by atoms with Crippen LogP contribution in [0.3, 0.4) is 0 Å². The molecule has 0 atom stereocenters. The molecular formula is C20H21N5O2. The molecule has 2 aromatic carbocycles. The van der Waals surface area contributed by atoms with Crippen molar-refractivity contribution in [3.8, 4) is 11.5 Å². The van der Waals surface area contributed by atoms with Crippen LogP contribution in [0.4, 0.5) is 17.3 Å². The fourth-order valence-electron chi connectivity index (χ4n) is 3.58. The van der Waals surface area contributed by atoms with E-state index in [1.807, 2.05) is 30.3 Å². The average Bonchev–Trinajstić information content (AvgIpc) is 3.01. The first kappa shape index (κ1) is 16.1. The average molecular weight is 363 g/mol. The van der Waals surface area contributed by atoms with E-state index in [4.69, 9.17) is 9.47 Å². The maximum atomic E-state index is 5.46. The number of aromatic nitrogens is 2. The summed E-state index contributed by atoms with van der Waals surface area (Å²) in [4.78, 5) is 2.32. The van der Waals surface area contributed by atoms with Crippen LogP contribution in [-0.2, 0) is 0 Å². The largest absolute Gasteiger partial charge is 0.454 e. The maximum Gasteiger partial charge on any atom is 0.231 e. The minimum Gasteiger partial charge on any atom is -0.454 e. The number of benzene rings is 2. The van der Waals surface area contributed by atoms with Gasteiger partial charge in [0, 0.05) is 42.2 Å². The van der Waals surface area contributed by atoms with Gasteiger partial charge in [-0.15, -0.1) is 10.2 Å². The molecule has 1 saturated heterocycles. The van der Waals surface area contributed by atoms with E-state index in [1.54, 1.807) is 0 Å². The van der Waals surface area contributed by atoms with E-state index < -0.39 is 0 Å². The summed E-state index contributed by atoms with van der Waals surface area (Å²) in [6.07, 6.45) is 1.10. The molecule has 1 fully saturated rings. The van der Waals surface area contributed by atoms with Crippen LogP contribution in [0.2, 0.25) is 0 Å². The van der Waals surface area contributed by atoms with Crippen LogP contribution in [0.5, 0.6) is 11.5 Å². The molecule has 138 valence electrons. The third-order valence-electron chi connectivity index (χ3n) is 4.94. The van der Waals surface area contributed by atoms with Crippen molar-refractivity contribution >= 4 is 28.1 Å². The highest BCUT2D eigenvalue weighted by molar-refractivity contribution is 5.99. The normalized spacial score (nSPS) is 16.4. The summed E-state index contributed by atoms with van der Waals surface area (Å²) in [5.41, 5.74) is 0.894. The summed E-state index contributed by atoms with van der Waals surface area (Å²) < 4.78 is 10.8. The van der Waals surface area contributed by atoms with Crippen molar-refractivity contribution in [2.75, 3.05) is 43.2 Å². The molecule has 0 radical (unpaired) electrons. The molecule has 3 aromatic rings. The molecule has 0 bridgehead atoms. The molecule has 0 spiro atoms. The third kappa shape index (κ3) is 3.10. The Labute approximate surface area is 157 Å². The van der Waals surface area contributed by atoms with E-state index in [0.717, 1.165) is 72.2 Å². The summed E-state index contributed by atoms with van der Waals surface area (Å²) in [6, 6.07) is 14.1. The monoisotopic (exact) mass is 363 g/mol. The molecule has 3 heterocycles. The van der Waals surface area contributed by atoms with Crippen LogP contribution >= 0.6 is 0 Å². The van der Waals surface area contributed by atoms with Crippen LogP contribution < -0.4 is 25.0 Å². The maximum absolute atomic E-state index is 5.46. The van der Waals surface area contributed by atoms with Crippen molar-refractivity contribution in [2.24, 2.45) is 0 Å². The van der Waals surface area contributed by atoms with Gasteiger partial charge < -0.3 is 25.0 Å². The smallest absolute Gasteiger partial charge is 0.231 e. The number of nitrogens with zero attached hydrogens (tertiary/aromatic N) is 3. The van der Waals surface area contributed by atoms with Crippen molar-refractivity contribution in [1.82, 2.24) is 15.5 Å². The third-order valence-corrected chi connectivity index (χ3v) is 4.94. The van der Waals surface area contributed by atoms with Crippen molar-refractivity contribution in [3.63, 3.8) is 0 Å². The highest BCUT2D eigenvalue weighted by Gasteiger charge is 2.18. The second-order valence-electron chi connectivity index (χ2n) is 6.70. The Balaban J connectivity index is 1.51. The van der Waals surface area contributed by atoms with Gasteiger partial charge in [0.25, 0.3) is 0 Å². The summed E-state index contributed by atoms with van der Waals surface area (Å²) in [5.74, 6) is 3.19. The lowest BCUT2D eigenvalue weighted by molar-refractivity contribution is 0.174. The first-order valence-corrected chi connectivity index (χ1v) is 9.26. The van der Waals surface area contributed by atoms with Gasteiger partial charge in [-0.1, -0.05) is 24.3 Å². The summed E-state index contributed by atoms with van der Waals surface area (Å²) in [6.45, 7) is 4.20. The number of rotatable bonds is 3. The molecule has 0 saturated carbocycles. The second kappa shape index (κ2) is 6.92. The zero-order valence-electron chi connectivity index (χ0n) is 14.9. The van der Waals surface area contributed by atoms with Gasteiger partial charge in [-0.05, 0) is 25.1 Å². The minimum absolute atomic E-state index is 0.265. The zero-order chi connectivity index (χ0) is 18.1. The van der Waals surface area contributed by atoms with Gasteiger partial charge in [0.15, 0.2) is 23.1 Å². The van der Waals surface area contributed by atoms with Crippen LogP contribution in [0.15, 0.2) is 42.5 Å². The molecule has 0 aliphatic carbocycles. The van der Waals surface area contributed by atoms with Gasteiger partial charge >= 0.3 is 0 Å². The summed E-state index contributed by atoms with van der Waals surface area (Å²) in [5, 5.41) is 18.1. The molecular weight excluding hydrogens is 342 g/mol.